The number of sulfonamides is 1. The Kier molecular flexibility index (Phi) is 3.11. The van der Waals surface area contributed by atoms with Gasteiger partial charge in [-0.25, -0.2) is 13.6 Å². The Bertz CT molecular complexity index is 690. The third kappa shape index (κ3) is 2.93. The lowest BCUT2D eigenvalue weighted by Crippen LogP contribution is -2.10. The van der Waals surface area contributed by atoms with E-state index in [1.165, 1.54) is 0 Å². The third-order valence-electron chi connectivity index (χ3n) is 2.28. The molecule has 102 valence electrons. The molecule has 1 heterocycles. The second-order valence-electron chi connectivity index (χ2n) is 3.65. The maximum absolute atomic E-state index is 12.4. The van der Waals surface area contributed by atoms with Crippen molar-refractivity contribution in [2.24, 2.45) is 5.14 Å². The van der Waals surface area contributed by atoms with Crippen LogP contribution in [-0.2, 0) is 16.2 Å². The molecule has 0 amide bonds. The summed E-state index contributed by atoms with van der Waals surface area (Å²) in [5, 5.41) is 7.70. The number of benzene rings is 1. The fourth-order valence-corrected chi connectivity index (χ4v) is 1.78. The van der Waals surface area contributed by atoms with Crippen LogP contribution in [0.3, 0.4) is 0 Å². The van der Waals surface area contributed by atoms with Crippen molar-refractivity contribution in [3.05, 3.63) is 35.9 Å². The van der Waals surface area contributed by atoms with Crippen molar-refractivity contribution in [2.75, 3.05) is 0 Å². The molecule has 0 fully saturated rings. The summed E-state index contributed by atoms with van der Waals surface area (Å²) in [7, 11) is -4.03. The van der Waals surface area contributed by atoms with Crippen molar-refractivity contribution < 1.29 is 26.1 Å². The van der Waals surface area contributed by atoms with Gasteiger partial charge in [0.2, 0.25) is 0 Å². The summed E-state index contributed by atoms with van der Waals surface area (Å²) in [4.78, 5) is 0. The minimum absolute atomic E-state index is 0.0812. The molecule has 0 aliphatic carbocycles. The summed E-state index contributed by atoms with van der Waals surface area (Å²) >= 11 is 0. The zero-order valence-corrected chi connectivity index (χ0v) is 9.99. The van der Waals surface area contributed by atoms with Gasteiger partial charge in [-0.05, 0) is 12.1 Å². The average molecular weight is 292 g/mol. The van der Waals surface area contributed by atoms with E-state index < -0.39 is 26.9 Å². The molecule has 0 radical (unpaired) electrons. The number of nitrogens with zero attached hydrogens (tertiary/aromatic N) is 1. The minimum Gasteiger partial charge on any atom is -0.343 e. The van der Waals surface area contributed by atoms with E-state index in [4.69, 9.17) is 5.14 Å². The van der Waals surface area contributed by atoms with Gasteiger partial charge in [0, 0.05) is 11.6 Å². The predicted octanol–water partition coefficient (Wildman–Crippen LogP) is 2.01. The van der Waals surface area contributed by atoms with Crippen LogP contribution in [0.5, 0.6) is 0 Å². The summed E-state index contributed by atoms with van der Waals surface area (Å²) in [5.41, 5.74) is -0.448. The zero-order valence-electron chi connectivity index (χ0n) is 9.18. The highest BCUT2D eigenvalue weighted by Gasteiger charge is 2.30. The molecule has 2 rings (SSSR count). The topological polar surface area (TPSA) is 86.2 Å². The van der Waals surface area contributed by atoms with Gasteiger partial charge in [0.15, 0.2) is 0 Å². The first-order chi connectivity index (χ1) is 8.68. The lowest BCUT2D eigenvalue weighted by molar-refractivity contribution is -0.137. The molecule has 0 spiro atoms. The molecule has 0 atom stereocenters. The van der Waals surface area contributed by atoms with Crippen molar-refractivity contribution >= 4 is 10.0 Å². The third-order valence-corrected chi connectivity index (χ3v) is 3.03. The molecule has 2 N–H and O–H groups in total. The van der Waals surface area contributed by atoms with E-state index in [0.717, 1.165) is 30.3 Å². The summed E-state index contributed by atoms with van der Waals surface area (Å²) in [6.07, 6.45) is -4.44. The Morgan fingerprint density at radius 3 is 2.16 bits per heavy atom. The molecule has 0 bridgehead atoms. The Hall–Kier alpha value is -1.87. The molecule has 0 saturated carbocycles. The van der Waals surface area contributed by atoms with Crippen LogP contribution in [0.25, 0.3) is 11.3 Å². The van der Waals surface area contributed by atoms with Gasteiger partial charge in [0.05, 0.1) is 5.56 Å². The number of nitrogens with two attached hydrogens (primary N) is 1. The lowest BCUT2D eigenvalue weighted by atomic mass is 10.1. The second kappa shape index (κ2) is 4.35. The first kappa shape index (κ1) is 13.6. The van der Waals surface area contributed by atoms with Gasteiger partial charge in [0.1, 0.15) is 5.69 Å². The largest absolute Gasteiger partial charge is 0.416 e. The van der Waals surface area contributed by atoms with Crippen LogP contribution in [0.2, 0.25) is 0 Å². The molecule has 19 heavy (non-hydrogen) atoms. The maximum Gasteiger partial charge on any atom is 0.416 e. The Balaban J connectivity index is 2.36. The van der Waals surface area contributed by atoms with Crippen LogP contribution >= 0.6 is 0 Å². The normalized spacial score (nSPS) is 12.6. The fraction of sp³-hybridized carbons (Fsp3) is 0.100. The number of halogens is 3. The van der Waals surface area contributed by atoms with Gasteiger partial charge in [-0.2, -0.15) is 13.2 Å². The molecular weight excluding hydrogens is 285 g/mol. The molecule has 5 nitrogen and oxygen atoms in total. The van der Waals surface area contributed by atoms with E-state index in [1.54, 1.807) is 0 Å². The van der Waals surface area contributed by atoms with Crippen molar-refractivity contribution in [3.8, 4) is 11.3 Å². The monoisotopic (exact) mass is 292 g/mol. The number of alkyl halides is 3. The quantitative estimate of drug-likeness (QED) is 0.917. The molecule has 0 saturated heterocycles. The first-order valence-electron chi connectivity index (χ1n) is 4.85. The van der Waals surface area contributed by atoms with E-state index in [0.29, 0.717) is 0 Å². The van der Waals surface area contributed by atoms with Gasteiger partial charge in [-0.3, -0.25) is 0 Å². The highest BCUT2D eigenvalue weighted by molar-refractivity contribution is 7.89. The van der Waals surface area contributed by atoms with Gasteiger partial charge < -0.3 is 4.52 Å². The maximum atomic E-state index is 12.4. The van der Waals surface area contributed by atoms with Crippen molar-refractivity contribution in [1.82, 2.24) is 5.16 Å². The van der Waals surface area contributed by atoms with E-state index in [1.807, 2.05) is 0 Å². The van der Waals surface area contributed by atoms with Gasteiger partial charge in [-0.15, -0.1) is 0 Å². The molecule has 1 aromatic carbocycles. The van der Waals surface area contributed by atoms with Gasteiger partial charge in [-0.1, -0.05) is 17.3 Å². The number of rotatable bonds is 2. The smallest absolute Gasteiger partial charge is 0.343 e. The Morgan fingerprint density at radius 1 is 1.16 bits per heavy atom. The number of aromatic nitrogens is 1. The highest BCUT2D eigenvalue weighted by atomic mass is 32.2. The van der Waals surface area contributed by atoms with E-state index in [9.17, 15) is 21.6 Å². The van der Waals surface area contributed by atoms with Gasteiger partial charge >= 0.3 is 6.18 Å². The Labute approximate surface area is 105 Å². The highest BCUT2D eigenvalue weighted by Crippen LogP contribution is 2.31. The van der Waals surface area contributed by atoms with Crippen LogP contribution in [0, 0.1) is 0 Å². The van der Waals surface area contributed by atoms with Crippen molar-refractivity contribution in [1.29, 1.82) is 0 Å². The van der Waals surface area contributed by atoms with Crippen LogP contribution in [0.15, 0.2) is 39.9 Å². The van der Waals surface area contributed by atoms with Crippen LogP contribution in [0.4, 0.5) is 13.2 Å². The zero-order chi connectivity index (χ0) is 14.3. The molecule has 9 heteroatoms. The summed E-state index contributed by atoms with van der Waals surface area (Å²) in [5.74, 6) is 0. The van der Waals surface area contributed by atoms with Crippen LogP contribution in [-0.4, -0.2) is 13.6 Å². The SMILES string of the molecule is NS(=O)(=O)c1cc(-c2ccc(C(F)(F)F)cc2)no1. The van der Waals surface area contributed by atoms with E-state index >= 15 is 0 Å². The Morgan fingerprint density at radius 2 is 1.74 bits per heavy atom. The number of primary sulfonamides is 1. The standard InChI is InChI=1S/C10H7F3N2O3S/c11-10(12,13)7-3-1-6(2-4-7)8-5-9(18-15-8)19(14,16)17/h1-5H,(H2,14,16,17). The predicted molar refractivity (Wildman–Crippen MR) is 58.3 cm³/mol. The summed E-state index contributed by atoms with van der Waals surface area (Å²) in [6, 6.07) is 5.08. The van der Waals surface area contributed by atoms with E-state index in [2.05, 4.69) is 9.68 Å². The molecular formula is C10H7F3N2O3S. The molecule has 2 aromatic rings. The molecule has 0 aliphatic heterocycles. The average Bonchev–Trinajstić information content (AvgIpc) is 2.77. The number of hydrogen-bond donors (Lipinski definition) is 1. The number of hydrogen-bond acceptors (Lipinski definition) is 4. The van der Waals surface area contributed by atoms with Crippen LogP contribution < -0.4 is 5.14 Å². The fourth-order valence-electron chi connectivity index (χ4n) is 1.36. The minimum atomic E-state index is -4.44. The van der Waals surface area contributed by atoms with Crippen LogP contribution in [0.1, 0.15) is 5.56 Å². The summed E-state index contributed by atoms with van der Waals surface area (Å²) < 4.78 is 63.5. The molecule has 1 aromatic heterocycles. The molecule has 0 aliphatic rings. The second-order valence-corrected chi connectivity index (χ2v) is 5.14. The lowest BCUT2D eigenvalue weighted by Gasteiger charge is -2.06. The van der Waals surface area contributed by atoms with Crippen molar-refractivity contribution in [2.45, 2.75) is 11.3 Å². The van der Waals surface area contributed by atoms with Crippen molar-refractivity contribution in [3.63, 3.8) is 0 Å². The molecule has 0 unspecified atom stereocenters. The van der Waals surface area contributed by atoms with E-state index in [-0.39, 0.29) is 11.3 Å². The first-order valence-corrected chi connectivity index (χ1v) is 6.40. The van der Waals surface area contributed by atoms with Gasteiger partial charge in [0.25, 0.3) is 15.1 Å². The summed E-state index contributed by atoms with van der Waals surface area (Å²) in [6.45, 7) is 0.